The highest BCUT2D eigenvalue weighted by atomic mass is 16.5. The van der Waals surface area contributed by atoms with E-state index in [0.717, 1.165) is 23.3 Å². The average Bonchev–Trinajstić information content (AvgIpc) is 2.69. The molecule has 0 spiro atoms. The Labute approximate surface area is 164 Å². The lowest BCUT2D eigenvalue weighted by atomic mass is 9.75. The van der Waals surface area contributed by atoms with Gasteiger partial charge in [-0.15, -0.1) is 0 Å². The van der Waals surface area contributed by atoms with Gasteiger partial charge in [0.2, 0.25) is 0 Å². The summed E-state index contributed by atoms with van der Waals surface area (Å²) in [4.78, 5) is 11.0. The molecule has 1 saturated carbocycles. The van der Waals surface area contributed by atoms with Gasteiger partial charge in [-0.2, -0.15) is 0 Å². The summed E-state index contributed by atoms with van der Waals surface area (Å²) in [6.07, 6.45) is 8.15. The average molecular weight is 365 g/mol. The zero-order chi connectivity index (χ0) is 19.2. The maximum atomic E-state index is 11.0. The molecule has 1 atom stereocenters. The molecule has 0 amide bonds. The number of benzene rings is 2. The number of carbonyl (C=O) groups is 1. The third-order valence-electron chi connectivity index (χ3n) is 6.11. The minimum absolute atomic E-state index is 0.286. The molecule has 0 saturated heterocycles. The molecular weight excluding hydrogens is 332 g/mol. The second kappa shape index (κ2) is 9.21. The molecule has 0 N–H and O–H groups in total. The van der Waals surface area contributed by atoms with E-state index in [-0.39, 0.29) is 5.97 Å². The maximum Gasteiger partial charge on any atom is 0.308 e. The van der Waals surface area contributed by atoms with Gasteiger partial charge in [0.1, 0.15) is 5.75 Å². The van der Waals surface area contributed by atoms with Crippen LogP contribution in [0.2, 0.25) is 0 Å². The molecule has 0 radical (unpaired) electrons. The van der Waals surface area contributed by atoms with Gasteiger partial charge in [0, 0.05) is 6.92 Å². The number of rotatable bonds is 6. The van der Waals surface area contributed by atoms with Crippen molar-refractivity contribution < 1.29 is 9.53 Å². The highest BCUT2D eigenvalue weighted by molar-refractivity contribution is 5.70. The predicted octanol–water partition coefficient (Wildman–Crippen LogP) is 6.99. The highest BCUT2D eigenvalue weighted by Crippen LogP contribution is 2.39. The highest BCUT2D eigenvalue weighted by Gasteiger charge is 2.23. The Morgan fingerprint density at radius 2 is 1.52 bits per heavy atom. The fraction of sp³-hybridized carbons (Fsp3) is 0.480. The molecule has 1 aliphatic rings. The molecule has 0 bridgehead atoms. The monoisotopic (exact) mass is 364 g/mol. The Kier molecular flexibility index (Phi) is 6.71. The fourth-order valence-corrected chi connectivity index (χ4v) is 4.30. The summed E-state index contributed by atoms with van der Waals surface area (Å²) < 4.78 is 5.10. The van der Waals surface area contributed by atoms with Crippen molar-refractivity contribution in [3.8, 4) is 16.9 Å². The van der Waals surface area contributed by atoms with E-state index in [1.165, 1.54) is 56.6 Å². The van der Waals surface area contributed by atoms with Gasteiger partial charge in [-0.25, -0.2) is 0 Å². The molecule has 0 aromatic heterocycles. The minimum atomic E-state index is -0.286. The first-order valence-corrected chi connectivity index (χ1v) is 10.4. The quantitative estimate of drug-likeness (QED) is 0.408. The van der Waals surface area contributed by atoms with Gasteiger partial charge in [-0.3, -0.25) is 4.79 Å². The van der Waals surface area contributed by atoms with Crippen LogP contribution in [0.1, 0.15) is 70.8 Å². The lowest BCUT2D eigenvalue weighted by Gasteiger charge is -2.30. The zero-order valence-corrected chi connectivity index (χ0v) is 16.9. The number of esters is 1. The summed E-state index contributed by atoms with van der Waals surface area (Å²) in [5, 5.41) is 0. The van der Waals surface area contributed by atoms with E-state index in [1.807, 2.05) is 24.3 Å². The summed E-state index contributed by atoms with van der Waals surface area (Å²) in [6.45, 7) is 6.12. The summed E-state index contributed by atoms with van der Waals surface area (Å²) in [6, 6.07) is 16.8. The van der Waals surface area contributed by atoms with Gasteiger partial charge in [0.15, 0.2) is 0 Å². The molecule has 2 nitrogen and oxygen atoms in total. The first-order valence-electron chi connectivity index (χ1n) is 10.4. The van der Waals surface area contributed by atoms with Gasteiger partial charge in [-0.05, 0) is 78.7 Å². The van der Waals surface area contributed by atoms with Crippen LogP contribution in [-0.2, 0) is 4.79 Å². The molecule has 3 rings (SSSR count). The molecule has 2 aromatic carbocycles. The van der Waals surface area contributed by atoms with E-state index in [9.17, 15) is 4.79 Å². The van der Waals surface area contributed by atoms with E-state index >= 15 is 0 Å². The van der Waals surface area contributed by atoms with Crippen molar-refractivity contribution >= 4 is 5.97 Å². The van der Waals surface area contributed by atoms with Crippen LogP contribution in [-0.4, -0.2) is 5.97 Å². The third kappa shape index (κ3) is 5.45. The molecule has 0 heterocycles. The molecular formula is C25H32O2. The number of hydrogen-bond donors (Lipinski definition) is 0. The van der Waals surface area contributed by atoms with Gasteiger partial charge in [-0.1, -0.05) is 56.7 Å². The lowest BCUT2D eigenvalue weighted by molar-refractivity contribution is -0.131. The normalized spacial score (nSPS) is 20.9. The molecule has 2 heteroatoms. The molecule has 1 aliphatic carbocycles. The van der Waals surface area contributed by atoms with Crippen LogP contribution in [0.4, 0.5) is 0 Å². The van der Waals surface area contributed by atoms with Crippen LogP contribution in [0.25, 0.3) is 11.1 Å². The van der Waals surface area contributed by atoms with Crippen LogP contribution in [0.3, 0.4) is 0 Å². The van der Waals surface area contributed by atoms with Crippen LogP contribution in [0.5, 0.6) is 5.75 Å². The van der Waals surface area contributed by atoms with Crippen molar-refractivity contribution in [3.63, 3.8) is 0 Å². The molecule has 27 heavy (non-hydrogen) atoms. The number of hydrogen-bond acceptors (Lipinski definition) is 2. The second-order valence-electron chi connectivity index (χ2n) is 8.21. The van der Waals surface area contributed by atoms with Crippen LogP contribution in [0.15, 0.2) is 48.5 Å². The van der Waals surface area contributed by atoms with Gasteiger partial charge in [0.05, 0.1) is 0 Å². The lowest BCUT2D eigenvalue weighted by Crippen LogP contribution is -2.15. The van der Waals surface area contributed by atoms with Gasteiger partial charge >= 0.3 is 5.97 Å². The van der Waals surface area contributed by atoms with E-state index < -0.39 is 0 Å². The van der Waals surface area contributed by atoms with Gasteiger partial charge in [0.25, 0.3) is 0 Å². The van der Waals surface area contributed by atoms with E-state index in [2.05, 4.69) is 38.1 Å². The zero-order valence-electron chi connectivity index (χ0n) is 16.9. The Morgan fingerprint density at radius 1 is 0.963 bits per heavy atom. The topological polar surface area (TPSA) is 26.3 Å². The van der Waals surface area contributed by atoms with E-state index in [0.29, 0.717) is 5.75 Å². The summed E-state index contributed by atoms with van der Waals surface area (Å²) in [7, 11) is 0. The summed E-state index contributed by atoms with van der Waals surface area (Å²) in [5.41, 5.74) is 3.84. The van der Waals surface area contributed by atoms with Crippen molar-refractivity contribution in [1.82, 2.24) is 0 Å². The molecule has 144 valence electrons. The minimum Gasteiger partial charge on any atom is -0.427 e. The molecule has 1 unspecified atom stereocenters. The molecule has 0 aliphatic heterocycles. The Balaban J connectivity index is 1.58. The van der Waals surface area contributed by atoms with Crippen molar-refractivity contribution in [1.29, 1.82) is 0 Å². The first kappa shape index (κ1) is 19.7. The predicted molar refractivity (Wildman–Crippen MR) is 112 cm³/mol. The van der Waals surface area contributed by atoms with Crippen molar-refractivity contribution in [2.24, 2.45) is 11.8 Å². The van der Waals surface area contributed by atoms with Crippen molar-refractivity contribution in [2.75, 3.05) is 0 Å². The molecule has 2 aromatic rings. The van der Waals surface area contributed by atoms with Crippen LogP contribution < -0.4 is 4.74 Å². The fourth-order valence-electron chi connectivity index (χ4n) is 4.30. The summed E-state index contributed by atoms with van der Waals surface area (Å²) >= 11 is 0. The Morgan fingerprint density at radius 3 is 2.04 bits per heavy atom. The molecule has 1 fully saturated rings. The second-order valence-corrected chi connectivity index (χ2v) is 8.21. The van der Waals surface area contributed by atoms with E-state index in [4.69, 9.17) is 4.74 Å². The largest absolute Gasteiger partial charge is 0.427 e. The van der Waals surface area contributed by atoms with Crippen molar-refractivity contribution in [2.45, 2.75) is 65.2 Å². The van der Waals surface area contributed by atoms with E-state index in [1.54, 1.807) is 0 Å². The maximum absolute atomic E-state index is 11.0. The smallest absolute Gasteiger partial charge is 0.308 e. The number of ether oxygens (including phenoxy) is 1. The summed E-state index contributed by atoms with van der Waals surface area (Å²) in [5.74, 6) is 2.84. The number of carbonyl (C=O) groups excluding carboxylic acids is 1. The van der Waals surface area contributed by atoms with Crippen LogP contribution >= 0.6 is 0 Å². The Hall–Kier alpha value is -2.09. The standard InChI is InChI=1S/C25H32O2/c1-4-18(2)17-20-5-7-21(8-6-20)22-9-11-23(12-10-22)24-13-15-25(16-14-24)27-19(3)26/h9-16,18,20-21H,4-8,17H2,1-3H3. The first-order chi connectivity index (χ1) is 13.0. The van der Waals surface area contributed by atoms with Crippen molar-refractivity contribution in [3.05, 3.63) is 54.1 Å². The van der Waals surface area contributed by atoms with Crippen LogP contribution in [0, 0.1) is 11.8 Å². The Bertz CT molecular complexity index is 722. The third-order valence-corrected chi connectivity index (χ3v) is 6.11. The SMILES string of the molecule is CCC(C)CC1CCC(c2ccc(-c3ccc(OC(C)=O)cc3)cc2)CC1. The van der Waals surface area contributed by atoms with Gasteiger partial charge < -0.3 is 4.74 Å².